The van der Waals surface area contributed by atoms with Crippen molar-refractivity contribution >= 4 is 16.9 Å². The molecule has 2 aromatic heterocycles. The fraction of sp³-hybridized carbons (Fsp3) is 0.182. The quantitative estimate of drug-likeness (QED) is 0.449. The Morgan fingerprint density at radius 2 is 1.73 bits per heavy atom. The van der Waals surface area contributed by atoms with E-state index in [4.69, 9.17) is 0 Å². The van der Waals surface area contributed by atoms with Crippen LogP contribution in [0.4, 0.5) is 17.6 Å². The number of hydrogen-bond donors (Lipinski definition) is 1. The van der Waals surface area contributed by atoms with Crippen LogP contribution < -0.4 is 10.9 Å². The number of benzene rings is 2. The first-order valence-corrected chi connectivity index (χ1v) is 9.83. The standard InChI is InChI=1S/C22H17F4N5O2/c23-17-7-1-14(2-8-17)12-30-13-28-19-18(21(30)33)11-29-31(19)10-9-27-20(32)15-3-5-16(6-4-15)22(24,25)26/h1-8,11,13H,9-10,12H2,(H,27,32). The van der Waals surface area contributed by atoms with Crippen LogP contribution in [0.5, 0.6) is 0 Å². The normalized spacial score (nSPS) is 11.6. The van der Waals surface area contributed by atoms with Crippen molar-refractivity contribution in [1.29, 1.82) is 0 Å². The Morgan fingerprint density at radius 1 is 1.03 bits per heavy atom. The number of alkyl halides is 3. The molecule has 1 amide bonds. The summed E-state index contributed by atoms with van der Waals surface area (Å²) >= 11 is 0. The van der Waals surface area contributed by atoms with E-state index in [1.165, 1.54) is 33.9 Å². The second-order valence-corrected chi connectivity index (χ2v) is 7.24. The Kier molecular flexibility index (Phi) is 5.95. The van der Waals surface area contributed by atoms with Gasteiger partial charge in [-0.15, -0.1) is 0 Å². The van der Waals surface area contributed by atoms with Gasteiger partial charge in [0.15, 0.2) is 5.65 Å². The number of aromatic nitrogens is 4. The summed E-state index contributed by atoms with van der Waals surface area (Å²) in [6, 6.07) is 9.67. The maximum absolute atomic E-state index is 13.1. The van der Waals surface area contributed by atoms with Crippen molar-refractivity contribution in [2.45, 2.75) is 19.3 Å². The highest BCUT2D eigenvalue weighted by molar-refractivity contribution is 5.94. The summed E-state index contributed by atoms with van der Waals surface area (Å²) < 4.78 is 53.8. The van der Waals surface area contributed by atoms with E-state index in [0.717, 1.165) is 29.8 Å². The number of hydrogen-bond acceptors (Lipinski definition) is 4. The maximum Gasteiger partial charge on any atom is 0.416 e. The highest BCUT2D eigenvalue weighted by Gasteiger charge is 2.30. The van der Waals surface area contributed by atoms with Gasteiger partial charge in [0.05, 0.1) is 24.8 Å². The summed E-state index contributed by atoms with van der Waals surface area (Å²) in [6.45, 7) is 0.539. The van der Waals surface area contributed by atoms with Gasteiger partial charge in [-0.25, -0.2) is 14.1 Å². The Morgan fingerprint density at radius 3 is 2.39 bits per heavy atom. The molecule has 0 fully saturated rings. The van der Waals surface area contributed by atoms with Crippen molar-refractivity contribution in [3.05, 3.63) is 93.9 Å². The predicted octanol–water partition coefficient (Wildman–Crippen LogP) is 3.23. The van der Waals surface area contributed by atoms with Crippen LogP contribution in [0.1, 0.15) is 21.5 Å². The second-order valence-electron chi connectivity index (χ2n) is 7.24. The average Bonchev–Trinajstić information content (AvgIpc) is 3.20. The van der Waals surface area contributed by atoms with Crippen molar-refractivity contribution in [2.75, 3.05) is 6.54 Å². The molecule has 7 nitrogen and oxygen atoms in total. The van der Waals surface area contributed by atoms with Crippen molar-refractivity contribution in [3.8, 4) is 0 Å². The van der Waals surface area contributed by atoms with Gasteiger partial charge in [-0.2, -0.15) is 18.3 Å². The molecule has 2 heterocycles. The minimum absolute atomic E-state index is 0.0927. The van der Waals surface area contributed by atoms with E-state index in [0.29, 0.717) is 5.65 Å². The van der Waals surface area contributed by atoms with Gasteiger partial charge in [0.2, 0.25) is 0 Å². The minimum atomic E-state index is -4.47. The van der Waals surface area contributed by atoms with Crippen molar-refractivity contribution < 1.29 is 22.4 Å². The summed E-state index contributed by atoms with van der Waals surface area (Å²) in [5.74, 6) is -0.902. The van der Waals surface area contributed by atoms with E-state index in [2.05, 4.69) is 15.4 Å². The third-order valence-corrected chi connectivity index (χ3v) is 4.97. The van der Waals surface area contributed by atoms with Crippen LogP contribution >= 0.6 is 0 Å². The molecule has 170 valence electrons. The van der Waals surface area contributed by atoms with Gasteiger partial charge < -0.3 is 5.32 Å². The van der Waals surface area contributed by atoms with E-state index >= 15 is 0 Å². The number of rotatable bonds is 6. The molecule has 0 radical (unpaired) electrons. The van der Waals surface area contributed by atoms with Crippen molar-refractivity contribution in [2.24, 2.45) is 0 Å². The Bertz CT molecular complexity index is 1340. The molecule has 1 N–H and O–H groups in total. The van der Waals surface area contributed by atoms with Gasteiger partial charge in [0.25, 0.3) is 11.5 Å². The molecule has 4 rings (SSSR count). The minimum Gasteiger partial charge on any atom is -0.350 e. The molecule has 33 heavy (non-hydrogen) atoms. The summed E-state index contributed by atoms with van der Waals surface area (Å²) in [4.78, 5) is 29.2. The molecule has 2 aromatic carbocycles. The summed E-state index contributed by atoms with van der Waals surface area (Å²) in [7, 11) is 0. The zero-order chi connectivity index (χ0) is 23.6. The first-order valence-electron chi connectivity index (χ1n) is 9.83. The van der Waals surface area contributed by atoms with E-state index < -0.39 is 17.6 Å². The lowest BCUT2D eigenvalue weighted by Gasteiger charge is -2.09. The molecule has 0 bridgehead atoms. The Labute approximate surface area is 184 Å². The lowest BCUT2D eigenvalue weighted by molar-refractivity contribution is -0.137. The van der Waals surface area contributed by atoms with Crippen LogP contribution in [0.2, 0.25) is 0 Å². The molecule has 0 spiro atoms. The van der Waals surface area contributed by atoms with E-state index in [9.17, 15) is 27.2 Å². The molecule has 0 unspecified atom stereocenters. The van der Waals surface area contributed by atoms with Crippen LogP contribution in [0, 0.1) is 5.82 Å². The summed E-state index contributed by atoms with van der Waals surface area (Å²) in [6.07, 6.45) is -1.72. The van der Waals surface area contributed by atoms with Crippen LogP contribution in [0.3, 0.4) is 0 Å². The fourth-order valence-electron chi connectivity index (χ4n) is 3.25. The number of amides is 1. The molecule has 4 aromatic rings. The zero-order valence-electron chi connectivity index (χ0n) is 17.0. The monoisotopic (exact) mass is 459 g/mol. The molecule has 0 aliphatic heterocycles. The number of fused-ring (bicyclic) bond motifs is 1. The third kappa shape index (κ3) is 4.92. The molecule has 11 heteroatoms. The number of halogens is 4. The highest BCUT2D eigenvalue weighted by atomic mass is 19.4. The first kappa shape index (κ1) is 22.2. The van der Waals surface area contributed by atoms with Crippen LogP contribution in [-0.2, 0) is 19.3 Å². The summed E-state index contributed by atoms with van der Waals surface area (Å²) in [5.41, 5.74) is 0.00914. The number of nitrogens with one attached hydrogen (secondary N) is 1. The zero-order valence-corrected chi connectivity index (χ0v) is 17.0. The third-order valence-electron chi connectivity index (χ3n) is 4.97. The average molecular weight is 459 g/mol. The Hall–Kier alpha value is -4.02. The van der Waals surface area contributed by atoms with Gasteiger partial charge in [0.1, 0.15) is 17.5 Å². The van der Waals surface area contributed by atoms with Gasteiger partial charge in [-0.3, -0.25) is 14.2 Å². The smallest absolute Gasteiger partial charge is 0.350 e. The molecule has 0 saturated carbocycles. The molecule has 0 aliphatic rings. The summed E-state index contributed by atoms with van der Waals surface area (Å²) in [5, 5.41) is 7.03. The van der Waals surface area contributed by atoms with E-state index in [-0.39, 0.29) is 42.0 Å². The largest absolute Gasteiger partial charge is 0.416 e. The van der Waals surface area contributed by atoms with E-state index in [1.54, 1.807) is 12.1 Å². The topological polar surface area (TPSA) is 81.8 Å². The van der Waals surface area contributed by atoms with Gasteiger partial charge in [-0.05, 0) is 42.0 Å². The number of carbonyl (C=O) groups is 1. The van der Waals surface area contributed by atoms with Gasteiger partial charge >= 0.3 is 6.18 Å². The van der Waals surface area contributed by atoms with Crippen LogP contribution in [0.25, 0.3) is 11.0 Å². The van der Waals surface area contributed by atoms with Crippen molar-refractivity contribution in [3.63, 3.8) is 0 Å². The molecule has 0 aliphatic carbocycles. The van der Waals surface area contributed by atoms with Gasteiger partial charge in [-0.1, -0.05) is 12.1 Å². The van der Waals surface area contributed by atoms with Gasteiger partial charge in [0, 0.05) is 12.1 Å². The van der Waals surface area contributed by atoms with Crippen molar-refractivity contribution in [1.82, 2.24) is 24.6 Å². The molecule has 0 atom stereocenters. The predicted molar refractivity (Wildman–Crippen MR) is 111 cm³/mol. The van der Waals surface area contributed by atoms with Crippen LogP contribution in [0.15, 0.2) is 65.8 Å². The van der Waals surface area contributed by atoms with E-state index in [1.807, 2.05) is 0 Å². The highest BCUT2D eigenvalue weighted by Crippen LogP contribution is 2.29. The number of carbonyl (C=O) groups excluding carboxylic acids is 1. The lowest BCUT2D eigenvalue weighted by Crippen LogP contribution is -2.28. The molecule has 0 saturated heterocycles. The maximum atomic E-state index is 13.1. The Balaban J connectivity index is 1.41. The lowest BCUT2D eigenvalue weighted by atomic mass is 10.1. The fourth-order valence-corrected chi connectivity index (χ4v) is 3.25. The molecular formula is C22H17F4N5O2. The van der Waals surface area contributed by atoms with Crippen LogP contribution in [-0.4, -0.2) is 31.8 Å². The first-order chi connectivity index (χ1) is 15.7. The second kappa shape index (κ2) is 8.85. The number of nitrogens with zero attached hydrogens (tertiary/aromatic N) is 4. The molecular weight excluding hydrogens is 442 g/mol. The SMILES string of the molecule is O=C(NCCn1ncc2c(=O)n(Cc3ccc(F)cc3)cnc21)c1ccc(C(F)(F)F)cc1.